The summed E-state index contributed by atoms with van der Waals surface area (Å²) in [5.74, 6) is -0.662. The number of nitrogens with zero attached hydrogens (tertiary/aromatic N) is 1. The number of aliphatic hydroxyl groups excluding tert-OH is 1. The standard InChI is InChI=1S/C14H20FNO4S/c1-4-5-16(6-7-20-3)21(18,19)14-9-12(10-17)8-13(15)11(14)2/h4,8-9,17H,1,5-7,10H2,2-3H3. The quantitative estimate of drug-likeness (QED) is 0.737. The van der Waals surface area contributed by atoms with Crippen LogP contribution in [0, 0.1) is 12.7 Å². The second-order valence-electron chi connectivity index (χ2n) is 4.50. The molecule has 5 nitrogen and oxygen atoms in total. The summed E-state index contributed by atoms with van der Waals surface area (Å²) in [6.45, 7) is 4.94. The lowest BCUT2D eigenvalue weighted by atomic mass is 10.1. The fourth-order valence-electron chi connectivity index (χ4n) is 1.85. The Kier molecular flexibility index (Phi) is 6.47. The molecule has 0 radical (unpaired) electrons. The van der Waals surface area contributed by atoms with E-state index < -0.39 is 22.4 Å². The van der Waals surface area contributed by atoms with Crippen LogP contribution in [0.5, 0.6) is 0 Å². The number of sulfonamides is 1. The Balaban J connectivity index is 3.32. The van der Waals surface area contributed by atoms with E-state index in [1.807, 2.05) is 0 Å². The van der Waals surface area contributed by atoms with Gasteiger partial charge >= 0.3 is 0 Å². The van der Waals surface area contributed by atoms with Gasteiger partial charge in [-0.25, -0.2) is 12.8 Å². The molecule has 0 atom stereocenters. The first-order valence-corrected chi connectivity index (χ1v) is 7.82. The summed E-state index contributed by atoms with van der Waals surface area (Å²) in [7, 11) is -2.42. The van der Waals surface area contributed by atoms with E-state index >= 15 is 0 Å². The number of hydrogen-bond acceptors (Lipinski definition) is 4. The van der Waals surface area contributed by atoms with Gasteiger partial charge in [0.2, 0.25) is 10.0 Å². The lowest BCUT2D eigenvalue weighted by molar-refractivity contribution is 0.182. The minimum atomic E-state index is -3.89. The average molecular weight is 317 g/mol. The van der Waals surface area contributed by atoms with Crippen LogP contribution in [0.1, 0.15) is 11.1 Å². The van der Waals surface area contributed by atoms with Crippen LogP contribution in [-0.2, 0) is 21.4 Å². The first kappa shape index (κ1) is 17.8. The molecule has 0 aromatic heterocycles. The lowest BCUT2D eigenvalue weighted by Gasteiger charge is -2.22. The highest BCUT2D eigenvalue weighted by molar-refractivity contribution is 7.89. The van der Waals surface area contributed by atoms with Crippen molar-refractivity contribution in [1.29, 1.82) is 0 Å². The smallest absolute Gasteiger partial charge is 0.243 e. The van der Waals surface area contributed by atoms with Crippen molar-refractivity contribution in [3.63, 3.8) is 0 Å². The molecule has 0 aliphatic rings. The SMILES string of the molecule is C=CCN(CCOC)S(=O)(=O)c1cc(CO)cc(F)c1C. The Labute approximate surface area is 124 Å². The van der Waals surface area contributed by atoms with Crippen LogP contribution in [-0.4, -0.2) is 44.6 Å². The first-order valence-electron chi connectivity index (χ1n) is 6.38. The molecule has 0 unspecified atom stereocenters. The van der Waals surface area contributed by atoms with Gasteiger partial charge in [-0.3, -0.25) is 0 Å². The van der Waals surface area contributed by atoms with Gasteiger partial charge in [-0.05, 0) is 24.6 Å². The van der Waals surface area contributed by atoms with Gasteiger partial charge in [0.25, 0.3) is 0 Å². The minimum Gasteiger partial charge on any atom is -0.392 e. The molecule has 0 saturated heterocycles. The van der Waals surface area contributed by atoms with Crippen molar-refractivity contribution in [1.82, 2.24) is 4.31 Å². The van der Waals surface area contributed by atoms with Gasteiger partial charge in [0.15, 0.2) is 0 Å². The molecule has 0 amide bonds. The number of hydrogen-bond donors (Lipinski definition) is 1. The van der Waals surface area contributed by atoms with Crippen molar-refractivity contribution in [2.45, 2.75) is 18.4 Å². The van der Waals surface area contributed by atoms with Gasteiger partial charge in [0.05, 0.1) is 18.1 Å². The van der Waals surface area contributed by atoms with Crippen LogP contribution in [0.4, 0.5) is 4.39 Å². The highest BCUT2D eigenvalue weighted by Crippen LogP contribution is 2.24. The van der Waals surface area contributed by atoms with Crippen molar-refractivity contribution >= 4 is 10.0 Å². The van der Waals surface area contributed by atoms with E-state index in [0.717, 1.165) is 10.4 Å². The summed E-state index contributed by atoms with van der Waals surface area (Å²) in [5, 5.41) is 9.12. The Hall–Kier alpha value is -1.28. The Morgan fingerprint density at radius 1 is 1.48 bits per heavy atom. The van der Waals surface area contributed by atoms with Gasteiger partial charge in [-0.2, -0.15) is 4.31 Å². The fourth-order valence-corrected chi connectivity index (χ4v) is 3.53. The van der Waals surface area contributed by atoms with Gasteiger partial charge < -0.3 is 9.84 Å². The summed E-state index contributed by atoms with van der Waals surface area (Å²) in [6.07, 6.45) is 1.45. The van der Waals surface area contributed by atoms with Crippen LogP contribution in [0.3, 0.4) is 0 Å². The van der Waals surface area contributed by atoms with Crippen LogP contribution in [0.25, 0.3) is 0 Å². The van der Waals surface area contributed by atoms with Crippen LogP contribution >= 0.6 is 0 Å². The third kappa shape index (κ3) is 4.10. The van der Waals surface area contributed by atoms with E-state index in [2.05, 4.69) is 6.58 Å². The molecule has 0 fully saturated rings. The van der Waals surface area contributed by atoms with Crippen molar-refractivity contribution in [3.8, 4) is 0 Å². The molecule has 1 rings (SSSR count). The number of ether oxygens (including phenoxy) is 1. The monoisotopic (exact) mass is 317 g/mol. The Morgan fingerprint density at radius 2 is 2.14 bits per heavy atom. The second-order valence-corrected chi connectivity index (χ2v) is 6.41. The molecule has 1 N–H and O–H groups in total. The molecule has 0 saturated carbocycles. The van der Waals surface area contributed by atoms with Crippen LogP contribution in [0.2, 0.25) is 0 Å². The average Bonchev–Trinajstić information content (AvgIpc) is 2.45. The highest BCUT2D eigenvalue weighted by atomic mass is 32.2. The fraction of sp³-hybridized carbons (Fsp3) is 0.429. The molecular formula is C14H20FNO4S. The molecule has 1 aromatic carbocycles. The first-order chi connectivity index (χ1) is 9.88. The number of aliphatic hydroxyl groups is 1. The molecule has 7 heteroatoms. The minimum absolute atomic E-state index is 0.0266. The van der Waals surface area contributed by atoms with Crippen molar-refractivity contribution < 1.29 is 22.7 Å². The molecule has 0 aliphatic carbocycles. The number of methoxy groups -OCH3 is 1. The van der Waals surface area contributed by atoms with Crippen LogP contribution < -0.4 is 0 Å². The number of halogens is 1. The molecule has 1 aromatic rings. The molecule has 21 heavy (non-hydrogen) atoms. The van der Waals surface area contributed by atoms with Crippen molar-refractivity contribution in [3.05, 3.63) is 41.7 Å². The van der Waals surface area contributed by atoms with E-state index in [0.29, 0.717) is 0 Å². The highest BCUT2D eigenvalue weighted by Gasteiger charge is 2.26. The summed E-state index contributed by atoms with van der Waals surface area (Å²) in [6, 6.07) is 2.41. The van der Waals surface area contributed by atoms with E-state index in [1.54, 1.807) is 0 Å². The predicted molar refractivity (Wildman–Crippen MR) is 77.9 cm³/mol. The summed E-state index contributed by atoms with van der Waals surface area (Å²) >= 11 is 0. The van der Waals surface area contributed by atoms with Gasteiger partial charge in [-0.15, -0.1) is 6.58 Å². The zero-order valence-electron chi connectivity index (χ0n) is 12.2. The number of benzene rings is 1. The lowest BCUT2D eigenvalue weighted by Crippen LogP contribution is -2.34. The summed E-state index contributed by atoms with van der Waals surface area (Å²) in [5.41, 5.74) is 0.237. The third-order valence-electron chi connectivity index (χ3n) is 3.03. The molecule has 0 aliphatic heterocycles. The predicted octanol–water partition coefficient (Wildman–Crippen LogP) is 1.45. The Bertz CT molecular complexity index is 601. The molecule has 0 bridgehead atoms. The van der Waals surface area contributed by atoms with E-state index in [4.69, 9.17) is 9.84 Å². The topological polar surface area (TPSA) is 66.8 Å². The molecule has 118 valence electrons. The van der Waals surface area contributed by atoms with Gasteiger partial charge in [0.1, 0.15) is 5.82 Å². The molecule has 0 spiro atoms. The second kappa shape index (κ2) is 7.65. The molecule has 0 heterocycles. The normalized spacial score (nSPS) is 11.9. The van der Waals surface area contributed by atoms with Crippen LogP contribution in [0.15, 0.2) is 29.7 Å². The van der Waals surface area contributed by atoms with E-state index in [-0.39, 0.29) is 35.7 Å². The van der Waals surface area contributed by atoms with Crippen molar-refractivity contribution in [2.24, 2.45) is 0 Å². The number of rotatable bonds is 8. The van der Waals surface area contributed by atoms with Crippen molar-refractivity contribution in [2.75, 3.05) is 26.8 Å². The third-order valence-corrected chi connectivity index (χ3v) is 5.03. The van der Waals surface area contributed by atoms with Gasteiger partial charge in [-0.1, -0.05) is 6.08 Å². The zero-order chi connectivity index (χ0) is 16.0. The summed E-state index contributed by atoms with van der Waals surface area (Å²) < 4.78 is 45.2. The van der Waals surface area contributed by atoms with E-state index in [1.165, 1.54) is 26.2 Å². The largest absolute Gasteiger partial charge is 0.392 e. The Morgan fingerprint density at radius 3 is 2.67 bits per heavy atom. The maximum Gasteiger partial charge on any atom is 0.243 e. The summed E-state index contributed by atoms with van der Waals surface area (Å²) in [4.78, 5) is -0.149. The maximum atomic E-state index is 13.8. The molecular weight excluding hydrogens is 297 g/mol. The maximum absolute atomic E-state index is 13.8. The zero-order valence-corrected chi connectivity index (χ0v) is 13.0. The van der Waals surface area contributed by atoms with Gasteiger partial charge in [0, 0.05) is 25.8 Å². The van der Waals surface area contributed by atoms with E-state index in [9.17, 15) is 12.8 Å².